The Bertz CT molecular complexity index is 1250. The van der Waals surface area contributed by atoms with Crippen LogP contribution in [-0.2, 0) is 18.0 Å². The number of H-pyrrole nitrogens is 1. The zero-order valence-corrected chi connectivity index (χ0v) is 31.0. The minimum absolute atomic E-state index is 0.0411. The van der Waals surface area contributed by atoms with Crippen LogP contribution in [0.3, 0.4) is 0 Å². The molecular weight excluding hydrogens is 605 g/mol. The van der Waals surface area contributed by atoms with E-state index in [2.05, 4.69) is 72.3 Å². The molecule has 0 aromatic carbocycles. The predicted octanol–water partition coefficient (Wildman–Crippen LogP) is 6.43. The summed E-state index contributed by atoms with van der Waals surface area (Å²) in [5.41, 5.74) is 5.76. The van der Waals surface area contributed by atoms with Crippen LogP contribution in [-0.4, -0.2) is 64.4 Å². The lowest BCUT2D eigenvalue weighted by molar-refractivity contribution is -0.0473. The highest BCUT2D eigenvalue weighted by Gasteiger charge is 2.53. The predicted molar refractivity (Wildman–Crippen MR) is 180 cm³/mol. The molecule has 0 saturated carbocycles. The van der Waals surface area contributed by atoms with E-state index in [1.165, 1.54) is 4.57 Å². The lowest BCUT2D eigenvalue weighted by Gasteiger charge is -2.40. The molecule has 10 nitrogen and oxygen atoms in total. The van der Waals surface area contributed by atoms with Crippen LogP contribution in [0.4, 0.5) is 5.95 Å². The maximum absolute atomic E-state index is 13.6. The standard InChI is InChI=1S/C28H54N4O6SSi3/c1-10-40(11-2,12-3)35-19-20-21(37-41(13-4,14-5)15-6)22(38-42(16-7,17-8)18-9)26(36-20)32-24-23(39-28(32)34)25(33)31-27(29)30-24/h20-22,26H,10-19H2,1-9H3,(H3,29,30,31,33)/t20-,21-,22-,26-/m1/s1. The highest BCUT2D eigenvalue weighted by Crippen LogP contribution is 2.41. The summed E-state index contributed by atoms with van der Waals surface area (Å²) in [6, 6.07) is 8.83. The second-order valence-corrected chi connectivity index (χ2v) is 26.8. The van der Waals surface area contributed by atoms with Crippen LogP contribution < -0.4 is 16.2 Å². The Morgan fingerprint density at radius 3 is 1.76 bits per heavy atom. The number of ether oxygens (including phenoxy) is 1. The fourth-order valence-electron chi connectivity index (χ4n) is 6.38. The van der Waals surface area contributed by atoms with Crippen molar-refractivity contribution >= 4 is 52.6 Å². The third-order valence-electron chi connectivity index (χ3n) is 10.2. The monoisotopic (exact) mass is 658 g/mol. The summed E-state index contributed by atoms with van der Waals surface area (Å²) in [5.74, 6) is -0.0411. The van der Waals surface area contributed by atoms with E-state index in [9.17, 15) is 9.59 Å². The van der Waals surface area contributed by atoms with Gasteiger partial charge >= 0.3 is 4.87 Å². The highest BCUT2D eigenvalue weighted by atomic mass is 32.1. The molecule has 1 aliphatic rings. The Hall–Kier alpha value is -1.14. The summed E-state index contributed by atoms with van der Waals surface area (Å²) >= 11 is 0.861. The number of aromatic nitrogens is 3. The molecule has 3 N–H and O–H groups in total. The van der Waals surface area contributed by atoms with Gasteiger partial charge in [0.15, 0.2) is 36.8 Å². The van der Waals surface area contributed by atoms with Crippen LogP contribution in [0.2, 0.25) is 54.4 Å². The number of thiazole rings is 1. The Labute approximate surface area is 258 Å². The maximum Gasteiger partial charge on any atom is 0.311 e. The molecule has 14 heteroatoms. The number of fused-ring (bicyclic) bond motifs is 1. The first-order chi connectivity index (χ1) is 20.0. The van der Waals surface area contributed by atoms with Crippen LogP contribution in [0, 0.1) is 0 Å². The Balaban J connectivity index is 2.24. The summed E-state index contributed by atoms with van der Waals surface area (Å²) in [6.45, 7) is 20.3. The molecule has 2 aromatic rings. The van der Waals surface area contributed by atoms with Gasteiger partial charge in [-0.1, -0.05) is 73.7 Å². The van der Waals surface area contributed by atoms with Gasteiger partial charge in [-0.05, 0) is 54.4 Å². The summed E-state index contributed by atoms with van der Waals surface area (Å²) in [4.78, 5) is 33.0. The number of aromatic amines is 1. The molecule has 0 spiro atoms. The number of hydrogen-bond donors (Lipinski definition) is 2. The fourth-order valence-corrected chi connectivity index (χ4v) is 15.5. The molecule has 0 amide bonds. The van der Waals surface area contributed by atoms with Gasteiger partial charge in [0.05, 0.1) is 6.61 Å². The van der Waals surface area contributed by atoms with Crippen LogP contribution in [0.5, 0.6) is 0 Å². The van der Waals surface area contributed by atoms with Gasteiger partial charge in [0, 0.05) is 0 Å². The van der Waals surface area contributed by atoms with E-state index in [1.807, 2.05) is 0 Å². The zero-order valence-electron chi connectivity index (χ0n) is 27.2. The largest absolute Gasteiger partial charge is 0.414 e. The molecule has 0 unspecified atom stereocenters. The lowest BCUT2D eigenvalue weighted by Crippen LogP contribution is -2.52. The van der Waals surface area contributed by atoms with Crippen molar-refractivity contribution in [2.24, 2.45) is 0 Å². The van der Waals surface area contributed by atoms with Crippen molar-refractivity contribution in [3.63, 3.8) is 0 Å². The topological polar surface area (TPSA) is 131 Å². The molecule has 1 fully saturated rings. The van der Waals surface area contributed by atoms with Gasteiger partial charge in [-0.15, -0.1) is 0 Å². The van der Waals surface area contributed by atoms with Crippen LogP contribution in [0.15, 0.2) is 9.59 Å². The Kier molecular flexibility index (Phi) is 12.4. The van der Waals surface area contributed by atoms with Crippen molar-refractivity contribution in [2.45, 2.75) is 141 Å². The van der Waals surface area contributed by atoms with Gasteiger partial charge < -0.3 is 23.7 Å². The first kappa shape index (κ1) is 35.3. The van der Waals surface area contributed by atoms with E-state index in [4.69, 9.17) is 23.7 Å². The summed E-state index contributed by atoms with van der Waals surface area (Å²) in [5, 5.41) is 0. The zero-order chi connectivity index (χ0) is 31.3. The molecule has 0 aliphatic carbocycles. The SMILES string of the molecule is CC[Si](CC)(CC)OC[C@H]1O[C@@H](n2c(=O)sc3c(=O)[nH]c(N)nc32)[C@H](O[Si](CC)(CC)CC)[C@@H]1O[Si](CC)(CC)CC. The summed E-state index contributed by atoms with van der Waals surface area (Å²) in [7, 11) is -6.28. The molecule has 3 rings (SSSR count). The molecule has 1 saturated heterocycles. The number of nitrogen functional groups attached to an aromatic ring is 1. The molecule has 4 atom stereocenters. The molecule has 240 valence electrons. The van der Waals surface area contributed by atoms with Crippen molar-refractivity contribution in [1.82, 2.24) is 14.5 Å². The summed E-state index contributed by atoms with van der Waals surface area (Å²) < 4.78 is 29.9. The second-order valence-electron chi connectivity index (χ2n) is 11.6. The van der Waals surface area contributed by atoms with Gasteiger partial charge in [-0.2, -0.15) is 4.98 Å². The quantitative estimate of drug-likeness (QED) is 0.186. The molecule has 1 aliphatic heterocycles. The van der Waals surface area contributed by atoms with E-state index in [0.29, 0.717) is 6.61 Å². The first-order valence-corrected chi connectivity index (χ1v) is 24.5. The molecule has 2 aromatic heterocycles. The fraction of sp³-hybridized carbons (Fsp3) is 0.821. The van der Waals surface area contributed by atoms with Crippen LogP contribution in [0.1, 0.15) is 68.5 Å². The van der Waals surface area contributed by atoms with Crippen molar-refractivity contribution in [3.8, 4) is 0 Å². The minimum Gasteiger partial charge on any atom is -0.414 e. The molecule has 42 heavy (non-hydrogen) atoms. The molecule has 0 radical (unpaired) electrons. The number of nitrogens with zero attached hydrogens (tertiary/aromatic N) is 2. The van der Waals surface area contributed by atoms with Gasteiger partial charge in [0.2, 0.25) is 5.95 Å². The van der Waals surface area contributed by atoms with Crippen molar-refractivity contribution in [2.75, 3.05) is 12.3 Å². The van der Waals surface area contributed by atoms with Gasteiger partial charge in [-0.25, -0.2) is 0 Å². The van der Waals surface area contributed by atoms with E-state index < -0.39 is 55.1 Å². The minimum atomic E-state index is -2.20. The third-order valence-corrected chi connectivity index (χ3v) is 25.0. The normalized spacial score (nSPS) is 21.9. The number of rotatable bonds is 17. The molecule has 3 heterocycles. The summed E-state index contributed by atoms with van der Waals surface area (Å²) in [6.07, 6.45) is -2.18. The van der Waals surface area contributed by atoms with Crippen molar-refractivity contribution in [1.29, 1.82) is 0 Å². The molecule has 0 bridgehead atoms. The highest BCUT2D eigenvalue weighted by molar-refractivity contribution is 7.16. The van der Waals surface area contributed by atoms with Crippen molar-refractivity contribution in [3.05, 3.63) is 20.0 Å². The van der Waals surface area contributed by atoms with E-state index in [-0.39, 0.29) is 21.2 Å². The van der Waals surface area contributed by atoms with Gasteiger partial charge in [0.1, 0.15) is 23.0 Å². The number of nitrogens with one attached hydrogen (secondary N) is 1. The number of nitrogens with two attached hydrogens (primary N) is 1. The van der Waals surface area contributed by atoms with Crippen LogP contribution >= 0.6 is 11.3 Å². The van der Waals surface area contributed by atoms with E-state index in [0.717, 1.165) is 65.7 Å². The average molecular weight is 659 g/mol. The average Bonchev–Trinajstić information content (AvgIpc) is 3.51. The van der Waals surface area contributed by atoms with E-state index >= 15 is 0 Å². The Morgan fingerprint density at radius 2 is 1.29 bits per heavy atom. The smallest absolute Gasteiger partial charge is 0.311 e. The third kappa shape index (κ3) is 6.90. The van der Waals surface area contributed by atoms with Crippen LogP contribution in [0.25, 0.3) is 10.3 Å². The molecular formula is C28H54N4O6SSi3. The first-order valence-electron chi connectivity index (χ1n) is 16.1. The lowest BCUT2D eigenvalue weighted by atomic mass is 10.1. The van der Waals surface area contributed by atoms with Gasteiger partial charge in [-0.3, -0.25) is 19.1 Å². The van der Waals surface area contributed by atoms with Crippen molar-refractivity contribution < 1.29 is 18.0 Å². The number of hydrogen-bond acceptors (Lipinski definition) is 9. The second kappa shape index (κ2) is 14.8. The Morgan fingerprint density at radius 1 is 0.810 bits per heavy atom. The van der Waals surface area contributed by atoms with Gasteiger partial charge in [0.25, 0.3) is 5.56 Å². The van der Waals surface area contributed by atoms with E-state index in [1.54, 1.807) is 0 Å². The maximum atomic E-state index is 13.6. The number of anilines is 1.